The molecule has 0 aliphatic carbocycles. The molecule has 0 bridgehead atoms. The van der Waals surface area contributed by atoms with Crippen LogP contribution in [0.2, 0.25) is 0 Å². The van der Waals surface area contributed by atoms with E-state index < -0.39 is 0 Å². The number of thiazole rings is 1. The Labute approximate surface area is 145 Å². The van der Waals surface area contributed by atoms with Gasteiger partial charge in [-0.25, -0.2) is 4.98 Å². The lowest BCUT2D eigenvalue weighted by Crippen LogP contribution is -2.40. The highest BCUT2D eigenvalue weighted by molar-refractivity contribution is 7.15. The van der Waals surface area contributed by atoms with E-state index >= 15 is 0 Å². The number of carbonyl (C=O) groups is 2. The molecule has 1 aliphatic heterocycles. The van der Waals surface area contributed by atoms with E-state index in [2.05, 4.69) is 22.4 Å². The molecule has 0 spiro atoms. The standard InChI is InChI=1S/C18H21N3O2S/c1-13(22)21-9-7-15(8-10-21)17(23)20-18-19-12-16(24-18)11-14-5-3-2-4-6-14/h2-6,12,15H,7-11H2,1H3,(H,19,20,23). The first-order chi connectivity index (χ1) is 11.6. The minimum atomic E-state index is -0.0397. The predicted octanol–water partition coefficient (Wildman–Crippen LogP) is 2.93. The Morgan fingerprint density at radius 1 is 1.25 bits per heavy atom. The van der Waals surface area contributed by atoms with Gasteiger partial charge in [-0.1, -0.05) is 30.3 Å². The summed E-state index contributed by atoms with van der Waals surface area (Å²) in [5.41, 5.74) is 1.23. The molecule has 126 valence electrons. The molecule has 0 saturated carbocycles. The van der Waals surface area contributed by atoms with Crippen molar-refractivity contribution >= 4 is 28.3 Å². The molecule has 2 aromatic rings. The summed E-state index contributed by atoms with van der Waals surface area (Å²) in [6.45, 7) is 2.89. The maximum atomic E-state index is 12.4. The van der Waals surface area contributed by atoms with Gasteiger partial charge < -0.3 is 10.2 Å². The monoisotopic (exact) mass is 343 g/mol. The number of rotatable bonds is 4. The van der Waals surface area contributed by atoms with Crippen LogP contribution in [0.25, 0.3) is 0 Å². The van der Waals surface area contributed by atoms with Crippen molar-refractivity contribution in [2.24, 2.45) is 5.92 Å². The third-order valence-corrected chi connectivity index (χ3v) is 5.23. The van der Waals surface area contributed by atoms with E-state index in [1.54, 1.807) is 11.8 Å². The Hall–Kier alpha value is -2.21. The lowest BCUT2D eigenvalue weighted by molar-refractivity contribution is -0.132. The Bertz CT molecular complexity index is 706. The molecule has 0 unspecified atom stereocenters. The van der Waals surface area contributed by atoms with Gasteiger partial charge in [-0.15, -0.1) is 11.3 Å². The molecule has 1 aromatic carbocycles. The molecule has 2 amide bonds. The highest BCUT2D eigenvalue weighted by Crippen LogP contribution is 2.24. The molecule has 6 heteroatoms. The number of carbonyl (C=O) groups excluding carboxylic acids is 2. The maximum absolute atomic E-state index is 12.4. The van der Waals surface area contributed by atoms with Gasteiger partial charge in [-0.3, -0.25) is 9.59 Å². The Morgan fingerprint density at radius 2 is 1.96 bits per heavy atom. The van der Waals surface area contributed by atoms with E-state index in [4.69, 9.17) is 0 Å². The van der Waals surface area contributed by atoms with Crippen molar-refractivity contribution < 1.29 is 9.59 Å². The van der Waals surface area contributed by atoms with Crippen LogP contribution in [0.1, 0.15) is 30.2 Å². The van der Waals surface area contributed by atoms with Crippen molar-refractivity contribution in [1.82, 2.24) is 9.88 Å². The highest BCUT2D eigenvalue weighted by Gasteiger charge is 2.26. The number of hydrogen-bond donors (Lipinski definition) is 1. The van der Waals surface area contributed by atoms with Gasteiger partial charge in [-0.05, 0) is 18.4 Å². The van der Waals surface area contributed by atoms with Gasteiger partial charge in [0.1, 0.15) is 0 Å². The highest BCUT2D eigenvalue weighted by atomic mass is 32.1. The lowest BCUT2D eigenvalue weighted by atomic mass is 9.96. The van der Waals surface area contributed by atoms with Crippen LogP contribution in [0.15, 0.2) is 36.5 Å². The van der Waals surface area contributed by atoms with Crippen molar-refractivity contribution in [3.05, 3.63) is 47.0 Å². The summed E-state index contributed by atoms with van der Waals surface area (Å²) in [6, 6.07) is 10.2. The minimum Gasteiger partial charge on any atom is -0.343 e. The number of benzene rings is 1. The Morgan fingerprint density at radius 3 is 2.62 bits per heavy atom. The summed E-state index contributed by atoms with van der Waals surface area (Å²) in [4.78, 5) is 30.9. The number of nitrogens with zero attached hydrogens (tertiary/aromatic N) is 2. The van der Waals surface area contributed by atoms with E-state index in [1.807, 2.05) is 24.4 Å². The number of nitrogens with one attached hydrogen (secondary N) is 1. The number of piperidine rings is 1. The van der Waals surface area contributed by atoms with Gasteiger partial charge in [0, 0.05) is 43.4 Å². The molecular formula is C18H21N3O2S. The number of anilines is 1. The summed E-state index contributed by atoms with van der Waals surface area (Å²) >= 11 is 1.52. The predicted molar refractivity (Wildman–Crippen MR) is 95.0 cm³/mol. The van der Waals surface area contributed by atoms with Crippen molar-refractivity contribution in [1.29, 1.82) is 0 Å². The van der Waals surface area contributed by atoms with Gasteiger partial charge in [-0.2, -0.15) is 0 Å². The number of hydrogen-bond acceptors (Lipinski definition) is 4. The molecule has 5 nitrogen and oxygen atoms in total. The summed E-state index contributed by atoms with van der Waals surface area (Å²) < 4.78 is 0. The molecule has 3 rings (SSSR count). The second-order valence-corrected chi connectivity index (χ2v) is 7.18. The van der Waals surface area contributed by atoms with E-state index in [0.29, 0.717) is 31.1 Å². The zero-order valence-corrected chi connectivity index (χ0v) is 14.5. The van der Waals surface area contributed by atoms with E-state index in [1.165, 1.54) is 16.9 Å². The van der Waals surface area contributed by atoms with Crippen molar-refractivity contribution in [3.8, 4) is 0 Å². The Balaban J connectivity index is 1.53. The SMILES string of the molecule is CC(=O)N1CCC(C(=O)Nc2ncc(Cc3ccccc3)s2)CC1. The summed E-state index contributed by atoms with van der Waals surface area (Å²) in [6.07, 6.45) is 4.08. The fourth-order valence-electron chi connectivity index (χ4n) is 2.91. The van der Waals surface area contributed by atoms with Crippen LogP contribution in [0.3, 0.4) is 0 Å². The number of likely N-dealkylation sites (tertiary alicyclic amines) is 1. The molecule has 2 heterocycles. The quantitative estimate of drug-likeness (QED) is 0.928. The molecule has 1 aromatic heterocycles. The summed E-state index contributed by atoms with van der Waals surface area (Å²) in [5, 5.41) is 3.58. The third kappa shape index (κ3) is 4.20. The largest absolute Gasteiger partial charge is 0.343 e. The van der Waals surface area contributed by atoms with Crippen molar-refractivity contribution in [2.45, 2.75) is 26.2 Å². The zero-order chi connectivity index (χ0) is 16.9. The van der Waals surface area contributed by atoms with E-state index in [9.17, 15) is 9.59 Å². The molecule has 1 N–H and O–H groups in total. The van der Waals surface area contributed by atoms with Gasteiger partial charge in [0.2, 0.25) is 11.8 Å². The van der Waals surface area contributed by atoms with Crippen LogP contribution < -0.4 is 5.32 Å². The maximum Gasteiger partial charge on any atom is 0.229 e. The van der Waals surface area contributed by atoms with Crippen molar-refractivity contribution in [3.63, 3.8) is 0 Å². The molecule has 0 radical (unpaired) electrons. The first kappa shape index (κ1) is 16.6. The fourth-order valence-corrected chi connectivity index (χ4v) is 3.76. The first-order valence-corrected chi connectivity index (χ1v) is 8.98. The summed E-state index contributed by atoms with van der Waals surface area (Å²) in [5.74, 6) is 0.0558. The number of amides is 2. The second kappa shape index (κ2) is 7.57. The van der Waals surface area contributed by atoms with Crippen LogP contribution in [-0.4, -0.2) is 34.8 Å². The van der Waals surface area contributed by atoms with Gasteiger partial charge in [0.05, 0.1) is 0 Å². The van der Waals surface area contributed by atoms with Crippen molar-refractivity contribution in [2.75, 3.05) is 18.4 Å². The van der Waals surface area contributed by atoms with Gasteiger partial charge >= 0.3 is 0 Å². The third-order valence-electron chi connectivity index (χ3n) is 4.32. The van der Waals surface area contributed by atoms with Crippen LogP contribution in [-0.2, 0) is 16.0 Å². The molecule has 1 aliphatic rings. The fraction of sp³-hybridized carbons (Fsp3) is 0.389. The van der Waals surface area contributed by atoms with Gasteiger partial charge in [0.15, 0.2) is 5.13 Å². The smallest absolute Gasteiger partial charge is 0.229 e. The number of aromatic nitrogens is 1. The minimum absolute atomic E-state index is 0.0128. The van der Waals surface area contributed by atoms with E-state index in [-0.39, 0.29) is 17.7 Å². The van der Waals surface area contributed by atoms with Crippen LogP contribution in [0, 0.1) is 5.92 Å². The lowest BCUT2D eigenvalue weighted by Gasteiger charge is -2.30. The zero-order valence-electron chi connectivity index (χ0n) is 13.7. The Kier molecular flexibility index (Phi) is 5.25. The summed E-state index contributed by atoms with van der Waals surface area (Å²) in [7, 11) is 0. The normalized spacial score (nSPS) is 15.3. The van der Waals surface area contributed by atoms with E-state index in [0.717, 1.165) is 11.3 Å². The topological polar surface area (TPSA) is 62.3 Å². The van der Waals surface area contributed by atoms with Gasteiger partial charge in [0.25, 0.3) is 0 Å². The molecule has 1 saturated heterocycles. The molecule has 1 fully saturated rings. The molecule has 24 heavy (non-hydrogen) atoms. The van der Waals surface area contributed by atoms with Crippen LogP contribution >= 0.6 is 11.3 Å². The molecular weight excluding hydrogens is 322 g/mol. The first-order valence-electron chi connectivity index (χ1n) is 8.17. The second-order valence-electron chi connectivity index (χ2n) is 6.06. The average molecular weight is 343 g/mol. The average Bonchev–Trinajstić information content (AvgIpc) is 3.02. The van der Waals surface area contributed by atoms with Crippen LogP contribution in [0.5, 0.6) is 0 Å². The van der Waals surface area contributed by atoms with Crippen LogP contribution in [0.4, 0.5) is 5.13 Å². The molecule has 0 atom stereocenters.